The van der Waals surface area contributed by atoms with Crippen molar-refractivity contribution in [1.82, 2.24) is 0 Å². The van der Waals surface area contributed by atoms with E-state index in [0.717, 1.165) is 0 Å². The first kappa shape index (κ1) is 19.7. The van der Waals surface area contributed by atoms with Crippen molar-refractivity contribution in [3.05, 3.63) is 0 Å². The molecule has 0 aromatic rings. The van der Waals surface area contributed by atoms with Crippen molar-refractivity contribution in [1.29, 1.82) is 0 Å². The maximum atomic E-state index is 10.2. The Morgan fingerprint density at radius 3 is 1.44 bits per heavy atom. The Bertz CT molecular complexity index is 330. The Kier molecular flexibility index (Phi) is 11.6. The summed E-state index contributed by atoms with van der Waals surface area (Å²) in [7, 11) is -7.91. The topological polar surface area (TPSA) is 118 Å². The molecule has 0 heterocycles. The van der Waals surface area contributed by atoms with Crippen LogP contribution in [0.15, 0.2) is 0 Å². The van der Waals surface area contributed by atoms with E-state index in [2.05, 4.69) is 0 Å². The van der Waals surface area contributed by atoms with Gasteiger partial charge in [-0.2, -0.15) is 16.8 Å². The van der Waals surface area contributed by atoms with Gasteiger partial charge in [-0.3, -0.25) is 9.11 Å². The van der Waals surface area contributed by atoms with E-state index < -0.39 is 20.2 Å². The average molecular weight is 302 g/mol. The molecule has 0 unspecified atom stereocenters. The van der Waals surface area contributed by atoms with E-state index in [-0.39, 0.29) is 90.4 Å². The fourth-order valence-corrected chi connectivity index (χ4v) is 1.75. The molecule has 0 spiro atoms. The third-order valence-electron chi connectivity index (χ3n) is 1.38. The van der Waals surface area contributed by atoms with Crippen molar-refractivity contribution in [2.75, 3.05) is 24.7 Å². The second kappa shape index (κ2) is 9.36. The first-order valence-corrected chi connectivity index (χ1v) is 7.40. The molecule has 0 aromatic heterocycles. The summed E-state index contributed by atoms with van der Waals surface area (Å²) in [5, 5.41) is 0. The van der Waals surface area contributed by atoms with Crippen LogP contribution in [0.2, 0.25) is 0 Å². The fourth-order valence-electron chi connectivity index (χ4n) is 0.789. The zero-order chi connectivity index (χ0) is 11.9. The number of ether oxygens (including phenoxy) is 1. The molecule has 0 fully saturated rings. The van der Waals surface area contributed by atoms with Crippen LogP contribution in [0, 0.1) is 0 Å². The molecular weight excluding hydrogens is 287 g/mol. The Morgan fingerprint density at radius 2 is 1.19 bits per heavy atom. The van der Waals surface area contributed by atoms with Crippen LogP contribution >= 0.6 is 0 Å². The number of hydrogen-bond donors (Lipinski definition) is 2. The van der Waals surface area contributed by atoms with E-state index in [4.69, 9.17) is 13.8 Å². The Hall–Kier alpha value is 1.42. The third-order valence-corrected chi connectivity index (χ3v) is 2.99. The van der Waals surface area contributed by atoms with Crippen LogP contribution in [0.3, 0.4) is 0 Å². The molecule has 10 heteroatoms. The predicted molar refractivity (Wildman–Crippen MR) is 54.0 cm³/mol. The molecule has 0 saturated carbocycles. The van der Waals surface area contributed by atoms with Gasteiger partial charge in [0.2, 0.25) is 0 Å². The quantitative estimate of drug-likeness (QED) is 0.273. The maximum Gasteiger partial charge on any atom is 1.00 e. The van der Waals surface area contributed by atoms with Crippen LogP contribution in [0.1, 0.15) is 14.3 Å². The van der Waals surface area contributed by atoms with Gasteiger partial charge in [0.25, 0.3) is 20.2 Å². The minimum absolute atomic E-state index is 0. The van der Waals surface area contributed by atoms with E-state index in [1.807, 2.05) is 0 Å². The molecular formula is C6H15KO7S2. The largest absolute Gasteiger partial charge is 1.00 e. The molecule has 7 nitrogen and oxygen atoms in total. The van der Waals surface area contributed by atoms with Crippen LogP contribution in [0.5, 0.6) is 0 Å². The van der Waals surface area contributed by atoms with Crippen molar-refractivity contribution in [2.45, 2.75) is 12.8 Å². The Labute approximate surface area is 139 Å². The van der Waals surface area contributed by atoms with E-state index in [1.54, 1.807) is 0 Å². The van der Waals surface area contributed by atoms with Gasteiger partial charge in [0, 0.05) is 13.2 Å². The second-order valence-corrected chi connectivity index (χ2v) is 6.04. The summed E-state index contributed by atoms with van der Waals surface area (Å²) < 4.78 is 62.5. The van der Waals surface area contributed by atoms with Gasteiger partial charge in [-0.25, -0.2) is 0 Å². The van der Waals surface area contributed by atoms with Crippen molar-refractivity contribution in [3.8, 4) is 0 Å². The van der Waals surface area contributed by atoms with Gasteiger partial charge in [-0.05, 0) is 12.8 Å². The summed E-state index contributed by atoms with van der Waals surface area (Å²) in [5.41, 5.74) is 0. The van der Waals surface area contributed by atoms with E-state index in [9.17, 15) is 16.8 Å². The van der Waals surface area contributed by atoms with E-state index in [0.29, 0.717) is 0 Å². The third kappa shape index (κ3) is 17.8. The first-order chi connectivity index (χ1) is 6.71. The molecule has 0 aromatic carbocycles. The smallest absolute Gasteiger partial charge is 1.00 e. The molecule has 0 aliphatic heterocycles. The Morgan fingerprint density at radius 1 is 0.875 bits per heavy atom. The summed E-state index contributed by atoms with van der Waals surface area (Å²) in [6.07, 6.45) is 0.287. The minimum Gasteiger partial charge on any atom is -1.00 e. The molecule has 0 amide bonds. The molecule has 0 bridgehead atoms. The van der Waals surface area contributed by atoms with Crippen molar-refractivity contribution in [3.63, 3.8) is 0 Å². The molecule has 0 radical (unpaired) electrons. The first-order valence-electron chi connectivity index (χ1n) is 4.19. The molecule has 0 aliphatic carbocycles. The van der Waals surface area contributed by atoms with Crippen molar-refractivity contribution < 1.29 is 83.5 Å². The fraction of sp³-hybridized carbons (Fsp3) is 1.00. The van der Waals surface area contributed by atoms with Crippen molar-refractivity contribution >= 4 is 20.2 Å². The van der Waals surface area contributed by atoms with Crippen LogP contribution in [-0.2, 0) is 25.0 Å². The molecule has 0 aliphatic rings. The van der Waals surface area contributed by atoms with Gasteiger partial charge in [0.1, 0.15) is 0 Å². The normalized spacial score (nSPS) is 12.1. The van der Waals surface area contributed by atoms with Crippen LogP contribution in [0.4, 0.5) is 0 Å². The van der Waals surface area contributed by atoms with Crippen LogP contribution < -0.4 is 51.4 Å². The van der Waals surface area contributed by atoms with Gasteiger partial charge >= 0.3 is 51.4 Å². The van der Waals surface area contributed by atoms with Gasteiger partial charge in [-0.15, -0.1) is 0 Å². The molecule has 0 saturated heterocycles. The van der Waals surface area contributed by atoms with Gasteiger partial charge in [0.05, 0.1) is 11.5 Å². The van der Waals surface area contributed by atoms with Gasteiger partial charge in [-0.1, -0.05) is 0 Å². The van der Waals surface area contributed by atoms with Gasteiger partial charge in [0.15, 0.2) is 0 Å². The monoisotopic (exact) mass is 302 g/mol. The van der Waals surface area contributed by atoms with Crippen LogP contribution in [0.25, 0.3) is 0 Å². The van der Waals surface area contributed by atoms with E-state index >= 15 is 0 Å². The molecule has 0 rings (SSSR count). The number of rotatable bonds is 8. The molecule has 2 N–H and O–H groups in total. The Balaban J connectivity index is -0.000000980. The average Bonchev–Trinajstić information content (AvgIpc) is 1.98. The summed E-state index contributed by atoms with van der Waals surface area (Å²) in [4.78, 5) is 0. The van der Waals surface area contributed by atoms with Crippen LogP contribution in [-0.4, -0.2) is 50.7 Å². The predicted octanol–water partition coefficient (Wildman–Crippen LogP) is -3.32. The minimum atomic E-state index is -3.96. The van der Waals surface area contributed by atoms with E-state index in [1.165, 1.54) is 0 Å². The van der Waals surface area contributed by atoms with Gasteiger partial charge < -0.3 is 6.16 Å². The zero-order valence-electron chi connectivity index (χ0n) is 9.99. The summed E-state index contributed by atoms with van der Waals surface area (Å²) in [5.74, 6) is -0.767. The molecule has 0 atom stereocenters. The van der Waals surface area contributed by atoms with Crippen molar-refractivity contribution in [2.24, 2.45) is 0 Å². The molecule has 16 heavy (non-hydrogen) atoms. The zero-order valence-corrected chi connectivity index (χ0v) is 13.8. The number of hydrogen-bond acceptors (Lipinski definition) is 5. The summed E-state index contributed by atoms with van der Waals surface area (Å²) in [6, 6.07) is 0. The standard InChI is InChI=1S/C6H14O7S2.K.H/c7-14(8,9)5-1-3-13-4-2-6-15(10,11)12;;/h1-6H2,(H,7,8,9)(H,10,11,12);;/q;+1;-1. The second-order valence-electron chi connectivity index (χ2n) is 2.89. The molecule has 94 valence electrons. The summed E-state index contributed by atoms with van der Waals surface area (Å²) in [6.45, 7) is 0.233. The SMILES string of the molecule is O=S(=O)(O)CCCOCCCS(=O)(=O)O.[H-].[K+]. The summed E-state index contributed by atoms with van der Waals surface area (Å²) >= 11 is 0. The maximum absolute atomic E-state index is 10.2.